The van der Waals surface area contributed by atoms with Crippen molar-refractivity contribution in [1.29, 1.82) is 0 Å². The highest BCUT2D eigenvalue weighted by Gasteiger charge is 2.31. The molecule has 2 heterocycles. The van der Waals surface area contributed by atoms with Crippen LogP contribution in [0.3, 0.4) is 0 Å². The van der Waals surface area contributed by atoms with Crippen molar-refractivity contribution >= 4 is 5.91 Å². The topological polar surface area (TPSA) is 32.3 Å². The van der Waals surface area contributed by atoms with E-state index in [2.05, 4.69) is 24.1 Å². The maximum atomic E-state index is 12.4. The molecule has 1 atom stereocenters. The molecule has 0 aromatic carbocycles. The Bertz CT molecular complexity index is 257. The smallest absolute Gasteiger partial charge is 0.239 e. The van der Waals surface area contributed by atoms with Gasteiger partial charge in [0, 0.05) is 13.1 Å². The molecule has 3 heteroatoms. The Labute approximate surface area is 105 Å². The SMILES string of the molecule is CC1(C)CCN(C(=O)C2CCCCCN2)CC1. The van der Waals surface area contributed by atoms with Gasteiger partial charge in [-0.25, -0.2) is 0 Å². The maximum absolute atomic E-state index is 12.4. The van der Waals surface area contributed by atoms with Gasteiger partial charge in [0.15, 0.2) is 0 Å². The van der Waals surface area contributed by atoms with E-state index in [0.717, 1.165) is 38.9 Å². The van der Waals surface area contributed by atoms with Crippen LogP contribution < -0.4 is 5.32 Å². The van der Waals surface area contributed by atoms with Crippen molar-refractivity contribution in [3.05, 3.63) is 0 Å². The molecule has 0 saturated carbocycles. The zero-order valence-corrected chi connectivity index (χ0v) is 11.3. The lowest BCUT2D eigenvalue weighted by Crippen LogP contribution is -2.49. The van der Waals surface area contributed by atoms with Crippen molar-refractivity contribution in [3.8, 4) is 0 Å². The van der Waals surface area contributed by atoms with Gasteiger partial charge >= 0.3 is 0 Å². The van der Waals surface area contributed by atoms with Gasteiger partial charge < -0.3 is 10.2 Å². The van der Waals surface area contributed by atoms with Gasteiger partial charge in [0.1, 0.15) is 0 Å². The first kappa shape index (κ1) is 12.9. The van der Waals surface area contributed by atoms with Crippen LogP contribution in [-0.2, 0) is 4.79 Å². The van der Waals surface area contributed by atoms with Crippen molar-refractivity contribution in [2.45, 2.75) is 58.4 Å². The van der Waals surface area contributed by atoms with E-state index in [0.29, 0.717) is 11.3 Å². The molecule has 2 aliphatic heterocycles. The molecule has 0 bridgehead atoms. The minimum atomic E-state index is 0.0960. The Morgan fingerprint density at radius 3 is 2.59 bits per heavy atom. The molecule has 1 unspecified atom stereocenters. The van der Waals surface area contributed by atoms with Crippen molar-refractivity contribution in [2.24, 2.45) is 5.41 Å². The second-order valence-electron chi connectivity index (χ2n) is 6.35. The molecule has 0 spiro atoms. The highest BCUT2D eigenvalue weighted by molar-refractivity contribution is 5.82. The fraction of sp³-hybridized carbons (Fsp3) is 0.929. The van der Waals surface area contributed by atoms with Gasteiger partial charge in [-0.1, -0.05) is 26.7 Å². The summed E-state index contributed by atoms with van der Waals surface area (Å²) < 4.78 is 0. The van der Waals surface area contributed by atoms with Crippen LogP contribution in [0.15, 0.2) is 0 Å². The Kier molecular flexibility index (Phi) is 4.08. The van der Waals surface area contributed by atoms with E-state index >= 15 is 0 Å². The molecular weight excluding hydrogens is 212 g/mol. The van der Waals surface area contributed by atoms with Gasteiger partial charge in [-0.2, -0.15) is 0 Å². The third kappa shape index (κ3) is 3.44. The van der Waals surface area contributed by atoms with E-state index in [1.165, 1.54) is 19.3 Å². The highest BCUT2D eigenvalue weighted by atomic mass is 16.2. The number of amides is 1. The van der Waals surface area contributed by atoms with E-state index in [-0.39, 0.29) is 6.04 Å². The Balaban J connectivity index is 1.87. The average molecular weight is 238 g/mol. The number of nitrogens with zero attached hydrogens (tertiary/aromatic N) is 1. The van der Waals surface area contributed by atoms with Crippen LogP contribution in [0.2, 0.25) is 0 Å². The van der Waals surface area contributed by atoms with E-state index in [4.69, 9.17) is 0 Å². The molecule has 0 aliphatic carbocycles. The monoisotopic (exact) mass is 238 g/mol. The molecule has 2 rings (SSSR count). The lowest BCUT2D eigenvalue weighted by molar-refractivity contribution is -0.135. The van der Waals surface area contributed by atoms with Crippen molar-refractivity contribution in [2.75, 3.05) is 19.6 Å². The minimum absolute atomic E-state index is 0.0960. The molecule has 0 aromatic heterocycles. The fourth-order valence-corrected chi connectivity index (χ4v) is 2.79. The van der Waals surface area contributed by atoms with Crippen molar-refractivity contribution in [3.63, 3.8) is 0 Å². The number of hydrogen-bond donors (Lipinski definition) is 1. The first-order chi connectivity index (χ1) is 8.08. The quantitative estimate of drug-likeness (QED) is 0.759. The molecule has 0 radical (unpaired) electrons. The summed E-state index contributed by atoms with van der Waals surface area (Å²) in [6.07, 6.45) is 7.00. The van der Waals surface area contributed by atoms with Crippen LogP contribution in [0, 0.1) is 5.41 Å². The number of carbonyl (C=O) groups is 1. The van der Waals surface area contributed by atoms with Crippen LogP contribution >= 0.6 is 0 Å². The second-order valence-corrected chi connectivity index (χ2v) is 6.35. The number of piperidine rings is 1. The van der Waals surface area contributed by atoms with E-state index in [1.54, 1.807) is 0 Å². The van der Waals surface area contributed by atoms with Gasteiger partial charge in [0.2, 0.25) is 5.91 Å². The zero-order chi connectivity index (χ0) is 12.3. The summed E-state index contributed by atoms with van der Waals surface area (Å²) in [6.45, 7) is 7.52. The Morgan fingerprint density at radius 2 is 1.88 bits per heavy atom. The predicted molar refractivity (Wildman–Crippen MR) is 69.9 cm³/mol. The van der Waals surface area contributed by atoms with Gasteiger partial charge in [-0.3, -0.25) is 4.79 Å². The summed E-state index contributed by atoms with van der Waals surface area (Å²) in [5.74, 6) is 0.349. The van der Waals surface area contributed by atoms with E-state index < -0.39 is 0 Å². The zero-order valence-electron chi connectivity index (χ0n) is 11.3. The summed E-state index contributed by atoms with van der Waals surface area (Å²) in [6, 6.07) is 0.0960. The Hall–Kier alpha value is -0.570. The van der Waals surface area contributed by atoms with Crippen LogP contribution in [0.4, 0.5) is 0 Å². The molecule has 3 nitrogen and oxygen atoms in total. The van der Waals surface area contributed by atoms with Gasteiger partial charge in [0.05, 0.1) is 6.04 Å². The second kappa shape index (κ2) is 5.38. The largest absolute Gasteiger partial charge is 0.341 e. The Morgan fingerprint density at radius 1 is 1.18 bits per heavy atom. The number of rotatable bonds is 1. The third-order valence-electron chi connectivity index (χ3n) is 4.29. The van der Waals surface area contributed by atoms with Gasteiger partial charge in [-0.15, -0.1) is 0 Å². The molecule has 2 aliphatic rings. The molecule has 98 valence electrons. The van der Waals surface area contributed by atoms with E-state index in [1.807, 2.05) is 0 Å². The van der Waals surface area contributed by atoms with Gasteiger partial charge in [-0.05, 0) is 37.6 Å². The minimum Gasteiger partial charge on any atom is -0.341 e. The predicted octanol–water partition coefficient (Wildman–Crippen LogP) is 2.17. The molecule has 2 fully saturated rings. The van der Waals surface area contributed by atoms with Crippen LogP contribution in [0.1, 0.15) is 52.4 Å². The normalized spacial score (nSPS) is 29.8. The van der Waals surface area contributed by atoms with Crippen molar-refractivity contribution in [1.82, 2.24) is 10.2 Å². The summed E-state index contributed by atoms with van der Waals surface area (Å²) >= 11 is 0. The number of hydrogen-bond acceptors (Lipinski definition) is 2. The summed E-state index contributed by atoms with van der Waals surface area (Å²) in [5.41, 5.74) is 0.424. The third-order valence-corrected chi connectivity index (χ3v) is 4.29. The first-order valence-corrected chi connectivity index (χ1v) is 7.11. The lowest BCUT2D eigenvalue weighted by Gasteiger charge is -2.38. The van der Waals surface area contributed by atoms with Gasteiger partial charge in [0.25, 0.3) is 0 Å². The van der Waals surface area contributed by atoms with Crippen LogP contribution in [0.5, 0.6) is 0 Å². The number of likely N-dealkylation sites (tertiary alicyclic amines) is 1. The molecule has 17 heavy (non-hydrogen) atoms. The molecule has 2 saturated heterocycles. The average Bonchev–Trinajstić information content (AvgIpc) is 2.56. The van der Waals surface area contributed by atoms with Crippen LogP contribution in [-0.4, -0.2) is 36.5 Å². The summed E-state index contributed by atoms with van der Waals surface area (Å²) in [4.78, 5) is 14.5. The molecule has 1 N–H and O–H groups in total. The molecule has 1 amide bonds. The summed E-state index contributed by atoms with van der Waals surface area (Å²) in [7, 11) is 0. The standard InChI is InChI=1S/C14H26N2O/c1-14(2)7-10-16(11-8-14)13(17)12-6-4-3-5-9-15-12/h12,15H,3-11H2,1-2H3. The van der Waals surface area contributed by atoms with E-state index in [9.17, 15) is 4.79 Å². The molecular formula is C14H26N2O. The fourth-order valence-electron chi connectivity index (χ4n) is 2.79. The molecule has 0 aromatic rings. The number of nitrogens with one attached hydrogen (secondary N) is 1. The number of carbonyl (C=O) groups excluding carboxylic acids is 1. The highest BCUT2D eigenvalue weighted by Crippen LogP contribution is 2.30. The maximum Gasteiger partial charge on any atom is 0.239 e. The lowest BCUT2D eigenvalue weighted by atomic mass is 9.82. The first-order valence-electron chi connectivity index (χ1n) is 7.11. The summed E-state index contributed by atoms with van der Waals surface area (Å²) in [5, 5.41) is 3.41. The van der Waals surface area contributed by atoms with Crippen LogP contribution in [0.25, 0.3) is 0 Å². The van der Waals surface area contributed by atoms with Crippen molar-refractivity contribution < 1.29 is 4.79 Å².